The Morgan fingerprint density at radius 1 is 1.50 bits per heavy atom. The summed E-state index contributed by atoms with van der Waals surface area (Å²) in [6.45, 7) is 2.80. The third-order valence-electron chi connectivity index (χ3n) is 2.01. The van der Waals surface area contributed by atoms with Crippen molar-refractivity contribution < 1.29 is 27.6 Å². The second-order valence-electron chi connectivity index (χ2n) is 3.97. The number of ketones is 1. The van der Waals surface area contributed by atoms with E-state index in [-0.39, 0.29) is 6.42 Å². The minimum atomic E-state index is -3.47. The molecule has 0 heterocycles. The van der Waals surface area contributed by atoms with Gasteiger partial charge in [0, 0.05) is 6.42 Å². The summed E-state index contributed by atoms with van der Waals surface area (Å²) < 4.78 is 40.3. The van der Waals surface area contributed by atoms with Gasteiger partial charge in [-0.3, -0.25) is 9.36 Å². The molecule has 0 aromatic heterocycles. The van der Waals surface area contributed by atoms with Gasteiger partial charge in [-0.2, -0.15) is 8.78 Å². The van der Waals surface area contributed by atoms with Crippen LogP contribution < -0.4 is 0 Å². The monoisotopic (exact) mass is 258 g/mol. The van der Waals surface area contributed by atoms with Crippen molar-refractivity contribution >= 4 is 14.0 Å². The van der Waals surface area contributed by atoms with Crippen molar-refractivity contribution in [2.24, 2.45) is 5.92 Å². The van der Waals surface area contributed by atoms with Gasteiger partial charge in [-0.05, 0) is 12.3 Å². The smallest absolute Gasteiger partial charge is 0.317 e. The quantitative estimate of drug-likeness (QED) is 0.679. The summed E-state index contributed by atoms with van der Waals surface area (Å²) in [5, 5.41) is 0. The number of halogens is 2. The Morgan fingerprint density at radius 2 is 2.06 bits per heavy atom. The highest BCUT2D eigenvalue weighted by Crippen LogP contribution is 2.25. The van der Waals surface area contributed by atoms with E-state index in [0.717, 1.165) is 0 Å². The molecule has 0 bridgehead atoms. The molecule has 0 spiro atoms. The van der Waals surface area contributed by atoms with Crippen LogP contribution in [0.15, 0.2) is 0 Å². The van der Waals surface area contributed by atoms with E-state index in [1.165, 1.54) is 0 Å². The molecule has 4 nitrogen and oxygen atoms in total. The van der Waals surface area contributed by atoms with Crippen LogP contribution in [0, 0.1) is 5.92 Å². The van der Waals surface area contributed by atoms with E-state index in [1.807, 2.05) is 13.8 Å². The van der Waals surface area contributed by atoms with Gasteiger partial charge < -0.3 is 9.42 Å². The molecule has 0 aromatic carbocycles. The van der Waals surface area contributed by atoms with E-state index in [2.05, 4.69) is 4.52 Å². The van der Waals surface area contributed by atoms with Crippen LogP contribution in [0.5, 0.6) is 0 Å². The number of Topliss-reactive ketones (excluding diaryl/α,β-unsaturated/α-hetero) is 1. The van der Waals surface area contributed by atoms with Gasteiger partial charge in [0.1, 0.15) is 6.61 Å². The molecule has 1 unspecified atom stereocenters. The summed E-state index contributed by atoms with van der Waals surface area (Å²) in [6.07, 6.45) is 0.310. The maximum atomic E-state index is 13.1. The van der Waals surface area contributed by atoms with Crippen molar-refractivity contribution in [1.82, 2.24) is 0 Å². The normalized spacial score (nSPS) is 14.1. The van der Waals surface area contributed by atoms with Crippen molar-refractivity contribution in [3.63, 3.8) is 0 Å². The molecule has 16 heavy (non-hydrogen) atoms. The second kappa shape index (κ2) is 7.09. The number of carbonyl (C=O) groups is 1. The van der Waals surface area contributed by atoms with E-state index >= 15 is 0 Å². The molecule has 0 fully saturated rings. The minimum absolute atomic E-state index is 0.241. The van der Waals surface area contributed by atoms with Gasteiger partial charge in [-0.1, -0.05) is 20.3 Å². The molecule has 96 valence electrons. The summed E-state index contributed by atoms with van der Waals surface area (Å²) in [6, 6.07) is 0. The van der Waals surface area contributed by atoms with Crippen LogP contribution in [0.3, 0.4) is 0 Å². The molecule has 0 amide bonds. The second-order valence-corrected chi connectivity index (χ2v) is 4.79. The van der Waals surface area contributed by atoms with E-state index in [4.69, 9.17) is 4.89 Å². The van der Waals surface area contributed by atoms with Crippen molar-refractivity contribution in [2.75, 3.05) is 6.61 Å². The number of alkyl halides is 2. The van der Waals surface area contributed by atoms with Crippen LogP contribution in [0.4, 0.5) is 8.78 Å². The molecule has 0 aliphatic carbocycles. The third kappa shape index (κ3) is 7.04. The minimum Gasteiger partial charge on any atom is -0.326 e. The first-order valence-corrected chi connectivity index (χ1v) is 6.29. The zero-order chi connectivity index (χ0) is 12.8. The molecular formula is C9H17F2O4P. The van der Waals surface area contributed by atoms with Crippen molar-refractivity contribution in [3.8, 4) is 0 Å². The predicted molar refractivity (Wildman–Crippen MR) is 55.8 cm³/mol. The first-order valence-electron chi connectivity index (χ1n) is 5.02. The largest absolute Gasteiger partial charge is 0.326 e. The van der Waals surface area contributed by atoms with Crippen molar-refractivity contribution in [1.29, 1.82) is 0 Å². The van der Waals surface area contributed by atoms with E-state index in [0.29, 0.717) is 12.3 Å². The summed E-state index contributed by atoms with van der Waals surface area (Å²) >= 11 is 0. The highest BCUT2D eigenvalue weighted by molar-refractivity contribution is 7.32. The van der Waals surface area contributed by atoms with Gasteiger partial charge in [0.25, 0.3) is 0 Å². The van der Waals surface area contributed by atoms with Gasteiger partial charge in [0.15, 0.2) is 0 Å². The fourth-order valence-corrected chi connectivity index (χ4v) is 1.36. The fraction of sp³-hybridized carbons (Fsp3) is 0.889. The lowest BCUT2D eigenvalue weighted by molar-refractivity contribution is -0.146. The summed E-state index contributed by atoms with van der Waals surface area (Å²) in [7, 11) is -3.33. The first kappa shape index (κ1) is 15.7. The third-order valence-corrected chi connectivity index (χ3v) is 2.40. The van der Waals surface area contributed by atoms with E-state index in [1.54, 1.807) is 0 Å². The van der Waals surface area contributed by atoms with Gasteiger partial charge in [-0.25, -0.2) is 0 Å². The molecule has 0 aliphatic heterocycles. The molecule has 1 N–H and O–H groups in total. The van der Waals surface area contributed by atoms with Gasteiger partial charge >= 0.3 is 14.2 Å². The maximum absolute atomic E-state index is 13.1. The van der Waals surface area contributed by atoms with Crippen LogP contribution in [-0.4, -0.2) is 23.2 Å². The number of hydrogen-bond donors (Lipinski definition) is 1. The zero-order valence-corrected chi connectivity index (χ0v) is 10.3. The first-order chi connectivity index (χ1) is 7.25. The summed E-state index contributed by atoms with van der Waals surface area (Å²) in [5.74, 6) is -4.61. The number of hydrogen-bond acceptors (Lipinski definition) is 3. The lowest BCUT2D eigenvalue weighted by Gasteiger charge is -2.15. The molecule has 0 rings (SSSR count). The Labute approximate surface area is 93.9 Å². The maximum Gasteiger partial charge on any atom is 0.317 e. The van der Waals surface area contributed by atoms with Crippen LogP contribution in [0.2, 0.25) is 0 Å². The molecular weight excluding hydrogens is 241 g/mol. The average molecular weight is 258 g/mol. The predicted octanol–water partition coefficient (Wildman–Crippen LogP) is 2.42. The van der Waals surface area contributed by atoms with Crippen LogP contribution in [0.1, 0.15) is 33.1 Å². The standard InChI is InChI=1S/C9H17F2O4P/c1-7(2)4-3-5-9(10,11)8(12)6-15-16(13)14/h7,16H,3-6H2,1-2H3,(H,13,14). The average Bonchev–Trinajstić information content (AvgIpc) is 2.12. The van der Waals surface area contributed by atoms with Gasteiger partial charge in [0.05, 0.1) is 0 Å². The fourth-order valence-electron chi connectivity index (χ4n) is 1.10. The number of rotatable bonds is 8. The molecule has 0 aliphatic rings. The number of carbonyl (C=O) groups excluding carboxylic acids is 1. The van der Waals surface area contributed by atoms with E-state index < -0.39 is 33.0 Å². The van der Waals surface area contributed by atoms with Gasteiger partial charge in [0.2, 0.25) is 5.78 Å². The molecule has 7 heteroatoms. The van der Waals surface area contributed by atoms with Crippen molar-refractivity contribution in [2.45, 2.75) is 39.0 Å². The molecule has 0 saturated heterocycles. The zero-order valence-electron chi connectivity index (χ0n) is 9.33. The lowest BCUT2D eigenvalue weighted by Crippen LogP contribution is -2.31. The SMILES string of the molecule is CC(C)CCCC(F)(F)C(=O)CO[PH](=O)O. The van der Waals surface area contributed by atoms with Crippen molar-refractivity contribution in [3.05, 3.63) is 0 Å². The molecule has 0 saturated carbocycles. The highest BCUT2D eigenvalue weighted by atomic mass is 31.1. The Hall–Kier alpha value is -0.320. The molecule has 0 aromatic rings. The van der Waals surface area contributed by atoms with E-state index in [9.17, 15) is 18.1 Å². The van der Waals surface area contributed by atoms with Gasteiger partial charge in [-0.15, -0.1) is 0 Å². The summed E-state index contributed by atoms with van der Waals surface area (Å²) in [4.78, 5) is 19.2. The van der Waals surface area contributed by atoms with Crippen LogP contribution in [0.25, 0.3) is 0 Å². The van der Waals surface area contributed by atoms with Crippen LogP contribution in [-0.2, 0) is 13.9 Å². The Balaban J connectivity index is 4.00. The topological polar surface area (TPSA) is 63.6 Å². The highest BCUT2D eigenvalue weighted by Gasteiger charge is 2.37. The Bertz CT molecular complexity index is 256. The lowest BCUT2D eigenvalue weighted by atomic mass is 10.0. The Kier molecular flexibility index (Phi) is 6.95. The van der Waals surface area contributed by atoms with Crippen LogP contribution >= 0.6 is 8.25 Å². The Morgan fingerprint density at radius 3 is 2.50 bits per heavy atom. The molecule has 1 atom stereocenters. The molecule has 0 radical (unpaired) electrons. The summed E-state index contributed by atoms with van der Waals surface area (Å²) in [5.41, 5.74) is 0.